The van der Waals surface area contributed by atoms with E-state index in [0.29, 0.717) is 29.4 Å². The molecule has 3 amide bonds. The van der Waals surface area contributed by atoms with Gasteiger partial charge in [0.2, 0.25) is 5.91 Å². The molecule has 3 rings (SSSR count). The van der Waals surface area contributed by atoms with Gasteiger partial charge in [0, 0.05) is 5.54 Å². The topological polar surface area (TPSA) is 150 Å². The van der Waals surface area contributed by atoms with Gasteiger partial charge in [-0.05, 0) is 81.5 Å². The number of nitrogens with one attached hydrogen (secondary N) is 1. The summed E-state index contributed by atoms with van der Waals surface area (Å²) in [5.41, 5.74) is 12.3. The van der Waals surface area contributed by atoms with E-state index >= 15 is 0 Å². The lowest BCUT2D eigenvalue weighted by atomic mass is 9.99. The second-order valence-corrected chi connectivity index (χ2v) is 10.4. The van der Waals surface area contributed by atoms with Crippen molar-refractivity contribution in [2.24, 2.45) is 5.73 Å². The number of ether oxygens (including phenoxy) is 2. The Morgan fingerprint density at radius 3 is 2.32 bits per heavy atom. The van der Waals surface area contributed by atoms with Crippen molar-refractivity contribution in [3.63, 3.8) is 0 Å². The fourth-order valence-corrected chi connectivity index (χ4v) is 4.60. The summed E-state index contributed by atoms with van der Waals surface area (Å²) in [5.74, 6) is -0.946. The number of primary amides is 1. The Labute approximate surface area is 226 Å². The molecule has 1 atom stereocenters. The Bertz CT molecular complexity index is 1330. The molecule has 5 N–H and O–H groups in total. The maximum atomic E-state index is 14.2. The van der Waals surface area contributed by atoms with Gasteiger partial charge in [-0.15, -0.1) is 0 Å². The van der Waals surface area contributed by atoms with Crippen LogP contribution in [0.3, 0.4) is 0 Å². The van der Waals surface area contributed by atoms with Crippen LogP contribution in [0, 0.1) is 6.92 Å². The number of nitrogens with two attached hydrogens (primary N) is 2. The molecule has 2 aromatic carbocycles. The van der Waals surface area contributed by atoms with E-state index in [0.717, 1.165) is 17.1 Å². The number of carbonyl (C=O) groups is 3. The molecule has 0 saturated heterocycles. The highest BCUT2D eigenvalue weighted by Crippen LogP contribution is 2.39. The smallest absolute Gasteiger partial charge is 0.273 e. The molecule has 1 aromatic heterocycles. The van der Waals surface area contributed by atoms with E-state index < -0.39 is 29.3 Å². The number of hydrogen-bond donors (Lipinski definition) is 3. The Morgan fingerprint density at radius 2 is 1.79 bits per heavy atom. The van der Waals surface area contributed by atoms with Crippen LogP contribution in [0.1, 0.15) is 65.0 Å². The highest BCUT2D eigenvalue weighted by atomic mass is 32.1. The Balaban J connectivity index is 2.30. The number of aromatic nitrogens is 1. The number of rotatable bonds is 9. The van der Waals surface area contributed by atoms with Crippen LogP contribution in [0.15, 0.2) is 42.5 Å². The third kappa shape index (κ3) is 6.23. The van der Waals surface area contributed by atoms with Crippen molar-refractivity contribution >= 4 is 40.6 Å². The predicted octanol–water partition coefficient (Wildman–Crippen LogP) is 3.84. The minimum Gasteiger partial charge on any atom is -0.495 e. The summed E-state index contributed by atoms with van der Waals surface area (Å²) in [6.45, 7) is 9.75. The van der Waals surface area contributed by atoms with Crippen molar-refractivity contribution < 1.29 is 23.9 Å². The van der Waals surface area contributed by atoms with E-state index in [-0.39, 0.29) is 16.3 Å². The standard InChI is InChI=1S/C27H33N5O5S/c1-7-37-17-11-9-16(10-12-17)22(25(34)30-27(3,4)5)32(18-14-15(2)8-13-19(18)36-6)26(35)23-20(28)21(24(29)33)31-38-23/h8-14,22H,7,28H2,1-6H3,(H2,29,33)(H,30,34). The number of methoxy groups -OCH3 is 1. The molecular formula is C27H33N5O5S. The maximum absolute atomic E-state index is 14.2. The summed E-state index contributed by atoms with van der Waals surface area (Å²) in [4.78, 5) is 41.3. The van der Waals surface area contributed by atoms with Crippen molar-refractivity contribution in [1.29, 1.82) is 0 Å². The van der Waals surface area contributed by atoms with E-state index in [1.165, 1.54) is 12.0 Å². The second-order valence-electron chi connectivity index (χ2n) is 9.63. The number of benzene rings is 2. The van der Waals surface area contributed by atoms with Gasteiger partial charge in [0.1, 0.15) is 22.4 Å². The SMILES string of the molecule is CCOc1ccc(C(C(=O)NC(C)(C)C)N(C(=O)c2snc(C(N)=O)c2N)c2cc(C)ccc2OC)cc1. The molecule has 0 aliphatic rings. The molecule has 0 radical (unpaired) electrons. The van der Waals surface area contributed by atoms with Gasteiger partial charge < -0.3 is 26.3 Å². The first-order chi connectivity index (χ1) is 17.9. The molecule has 0 bridgehead atoms. The molecule has 1 unspecified atom stereocenters. The molecule has 3 aromatic rings. The van der Waals surface area contributed by atoms with Crippen LogP contribution < -0.4 is 31.2 Å². The van der Waals surface area contributed by atoms with Gasteiger partial charge >= 0.3 is 0 Å². The average molecular weight is 540 g/mol. The van der Waals surface area contributed by atoms with E-state index in [9.17, 15) is 14.4 Å². The molecule has 0 saturated carbocycles. The Hall–Kier alpha value is -4.12. The lowest BCUT2D eigenvalue weighted by Gasteiger charge is -2.34. The zero-order valence-electron chi connectivity index (χ0n) is 22.3. The summed E-state index contributed by atoms with van der Waals surface area (Å²) in [5, 5.41) is 2.98. The van der Waals surface area contributed by atoms with Crippen LogP contribution in [-0.4, -0.2) is 41.4 Å². The highest BCUT2D eigenvalue weighted by molar-refractivity contribution is 7.09. The minimum atomic E-state index is -1.15. The molecule has 38 heavy (non-hydrogen) atoms. The van der Waals surface area contributed by atoms with Gasteiger partial charge in [-0.2, -0.15) is 4.37 Å². The summed E-state index contributed by atoms with van der Waals surface area (Å²) in [7, 11) is 1.48. The largest absolute Gasteiger partial charge is 0.495 e. The molecule has 0 aliphatic heterocycles. The zero-order chi connectivity index (χ0) is 28.2. The number of hydrogen-bond acceptors (Lipinski definition) is 8. The van der Waals surface area contributed by atoms with Gasteiger partial charge in [0.25, 0.3) is 11.8 Å². The van der Waals surface area contributed by atoms with Crippen molar-refractivity contribution in [3.05, 3.63) is 64.2 Å². The van der Waals surface area contributed by atoms with Crippen LogP contribution in [0.5, 0.6) is 11.5 Å². The lowest BCUT2D eigenvalue weighted by Crippen LogP contribution is -2.49. The summed E-state index contributed by atoms with van der Waals surface area (Å²) in [6.07, 6.45) is 0. The van der Waals surface area contributed by atoms with Crippen LogP contribution in [0.2, 0.25) is 0 Å². The van der Waals surface area contributed by atoms with Crippen molar-refractivity contribution in [1.82, 2.24) is 9.69 Å². The first-order valence-electron chi connectivity index (χ1n) is 12.0. The van der Waals surface area contributed by atoms with Crippen molar-refractivity contribution in [3.8, 4) is 11.5 Å². The van der Waals surface area contributed by atoms with Crippen LogP contribution >= 0.6 is 11.5 Å². The molecule has 11 heteroatoms. The molecule has 0 fully saturated rings. The van der Waals surface area contributed by atoms with Crippen LogP contribution in [0.4, 0.5) is 11.4 Å². The van der Waals surface area contributed by atoms with Gasteiger partial charge in [-0.3, -0.25) is 19.3 Å². The number of carbonyl (C=O) groups excluding carboxylic acids is 3. The predicted molar refractivity (Wildman–Crippen MR) is 148 cm³/mol. The van der Waals surface area contributed by atoms with Gasteiger partial charge in [-0.1, -0.05) is 18.2 Å². The lowest BCUT2D eigenvalue weighted by molar-refractivity contribution is -0.123. The fourth-order valence-electron chi connectivity index (χ4n) is 3.86. The molecule has 0 spiro atoms. The summed E-state index contributed by atoms with van der Waals surface area (Å²) < 4.78 is 15.2. The molecular weight excluding hydrogens is 506 g/mol. The third-order valence-corrected chi connectivity index (χ3v) is 6.33. The van der Waals surface area contributed by atoms with Crippen molar-refractivity contribution in [2.75, 3.05) is 24.4 Å². The van der Waals surface area contributed by atoms with Crippen LogP contribution in [0.25, 0.3) is 0 Å². The number of nitrogens with zero attached hydrogens (tertiary/aromatic N) is 2. The molecule has 0 aliphatic carbocycles. The molecule has 1 heterocycles. The van der Waals surface area contributed by atoms with E-state index in [2.05, 4.69) is 9.69 Å². The zero-order valence-corrected chi connectivity index (χ0v) is 23.1. The molecule has 202 valence electrons. The fraction of sp³-hybridized carbons (Fsp3) is 0.333. The van der Waals surface area contributed by atoms with Crippen molar-refractivity contribution in [2.45, 2.75) is 46.2 Å². The van der Waals surface area contributed by atoms with E-state index in [1.54, 1.807) is 36.4 Å². The van der Waals surface area contributed by atoms with Gasteiger partial charge in [0.05, 0.1) is 25.1 Å². The van der Waals surface area contributed by atoms with Gasteiger partial charge in [0.15, 0.2) is 5.69 Å². The van der Waals surface area contributed by atoms with E-state index in [4.69, 9.17) is 20.9 Å². The number of anilines is 2. The number of nitrogen functional groups attached to an aromatic ring is 1. The minimum absolute atomic E-state index is 0.0261. The third-order valence-electron chi connectivity index (χ3n) is 5.48. The monoisotopic (exact) mass is 539 g/mol. The number of amides is 3. The normalized spacial score (nSPS) is 11.9. The molecule has 10 nitrogen and oxygen atoms in total. The van der Waals surface area contributed by atoms with E-state index in [1.807, 2.05) is 40.7 Å². The second kappa shape index (κ2) is 11.5. The summed E-state index contributed by atoms with van der Waals surface area (Å²) in [6, 6.07) is 11.1. The average Bonchev–Trinajstić information content (AvgIpc) is 3.23. The number of aryl methyl sites for hydroxylation is 1. The Kier molecular flexibility index (Phi) is 8.62. The van der Waals surface area contributed by atoms with Crippen LogP contribution in [-0.2, 0) is 4.79 Å². The first-order valence-corrected chi connectivity index (χ1v) is 12.7. The Morgan fingerprint density at radius 1 is 1.13 bits per heavy atom. The summed E-state index contributed by atoms with van der Waals surface area (Å²) >= 11 is 0.740. The first kappa shape index (κ1) is 28.5. The van der Waals surface area contributed by atoms with Gasteiger partial charge in [-0.25, -0.2) is 0 Å². The maximum Gasteiger partial charge on any atom is 0.273 e. The quantitative estimate of drug-likeness (QED) is 0.374. The highest BCUT2D eigenvalue weighted by Gasteiger charge is 2.38.